The number of likely N-dealkylation sites (tertiary alicyclic amines) is 1. The molecule has 2 aliphatic heterocycles. The number of hydrogen-bond donors (Lipinski definition) is 1. The summed E-state index contributed by atoms with van der Waals surface area (Å²) >= 11 is 0. The van der Waals surface area contributed by atoms with Crippen molar-refractivity contribution in [2.24, 2.45) is 5.92 Å². The summed E-state index contributed by atoms with van der Waals surface area (Å²) in [7, 11) is -3.06. The van der Waals surface area contributed by atoms with Gasteiger partial charge in [-0.1, -0.05) is 6.92 Å². The summed E-state index contributed by atoms with van der Waals surface area (Å²) < 4.78 is 23.4. The van der Waals surface area contributed by atoms with E-state index in [2.05, 4.69) is 30.6 Å². The number of likely N-dealkylation sites (N-methyl/N-ethyl adjacent to an activating group) is 1. The van der Waals surface area contributed by atoms with Crippen molar-refractivity contribution >= 4 is 9.84 Å². The normalized spacial score (nSPS) is 31.3. The quantitative estimate of drug-likeness (QED) is 0.804. The van der Waals surface area contributed by atoms with Gasteiger partial charge in [-0.05, 0) is 52.2 Å². The Hall–Kier alpha value is -0.170. The predicted octanol–water partition coefficient (Wildman–Crippen LogP) is 0.587. The third kappa shape index (κ3) is 4.41. The summed E-state index contributed by atoms with van der Waals surface area (Å²) in [6.07, 6.45) is 1.62. The van der Waals surface area contributed by atoms with Crippen LogP contribution in [0.5, 0.6) is 0 Å². The van der Waals surface area contributed by atoms with Gasteiger partial charge in [0.1, 0.15) is 0 Å². The SMILES string of the molecule is CCN(CC1CCN(C(C)C)CC1)[C@H]1CS(=O)(=O)C[C@@H]1O. The lowest BCUT2D eigenvalue weighted by molar-refractivity contribution is 0.0597. The molecule has 124 valence electrons. The molecule has 6 heteroatoms. The van der Waals surface area contributed by atoms with Crippen molar-refractivity contribution in [3.05, 3.63) is 0 Å². The number of aliphatic hydroxyl groups is 1. The highest BCUT2D eigenvalue weighted by molar-refractivity contribution is 7.91. The van der Waals surface area contributed by atoms with Crippen LogP contribution >= 0.6 is 0 Å². The molecule has 2 saturated heterocycles. The standard InChI is InChI=1S/C15H30N2O3S/c1-4-16(14-10-21(19,20)11-15(14)18)9-13-5-7-17(8-6-13)12(2)3/h12-15,18H,4-11H2,1-3H3/t14-,15-/m0/s1. The van der Waals surface area contributed by atoms with Crippen molar-refractivity contribution in [1.82, 2.24) is 9.80 Å². The summed E-state index contributed by atoms with van der Waals surface area (Å²) in [6.45, 7) is 10.5. The third-order valence-corrected chi connectivity index (χ3v) is 6.74. The Bertz CT molecular complexity index is 430. The lowest BCUT2D eigenvalue weighted by Gasteiger charge is -2.38. The van der Waals surface area contributed by atoms with Gasteiger partial charge in [-0.2, -0.15) is 0 Å². The topological polar surface area (TPSA) is 60.9 Å². The van der Waals surface area contributed by atoms with E-state index in [1.807, 2.05) is 0 Å². The van der Waals surface area contributed by atoms with Gasteiger partial charge in [-0.3, -0.25) is 4.90 Å². The first-order valence-corrected chi connectivity index (χ1v) is 10.0. The van der Waals surface area contributed by atoms with Crippen LogP contribution < -0.4 is 0 Å². The Labute approximate surface area is 129 Å². The van der Waals surface area contributed by atoms with Gasteiger partial charge in [-0.15, -0.1) is 0 Å². The van der Waals surface area contributed by atoms with Crippen molar-refractivity contribution in [2.45, 2.75) is 51.8 Å². The van der Waals surface area contributed by atoms with Crippen LogP contribution in [0.4, 0.5) is 0 Å². The molecular weight excluding hydrogens is 288 g/mol. The molecule has 0 bridgehead atoms. The Balaban J connectivity index is 1.89. The number of aliphatic hydroxyl groups excluding tert-OH is 1. The lowest BCUT2D eigenvalue weighted by atomic mass is 9.94. The predicted molar refractivity (Wildman–Crippen MR) is 85.1 cm³/mol. The molecule has 2 aliphatic rings. The van der Waals surface area contributed by atoms with Crippen molar-refractivity contribution in [1.29, 1.82) is 0 Å². The van der Waals surface area contributed by atoms with E-state index in [9.17, 15) is 13.5 Å². The highest BCUT2D eigenvalue weighted by atomic mass is 32.2. The molecule has 0 unspecified atom stereocenters. The zero-order valence-electron chi connectivity index (χ0n) is 13.5. The average Bonchev–Trinajstić information content (AvgIpc) is 2.69. The van der Waals surface area contributed by atoms with E-state index in [4.69, 9.17) is 0 Å². The summed E-state index contributed by atoms with van der Waals surface area (Å²) in [4.78, 5) is 4.69. The molecule has 0 aromatic heterocycles. The maximum absolute atomic E-state index is 11.7. The molecule has 0 aromatic rings. The number of piperidine rings is 1. The van der Waals surface area contributed by atoms with E-state index in [0.717, 1.165) is 26.2 Å². The molecule has 5 nitrogen and oxygen atoms in total. The van der Waals surface area contributed by atoms with Crippen molar-refractivity contribution in [2.75, 3.05) is 37.7 Å². The van der Waals surface area contributed by atoms with Crippen LogP contribution in [-0.2, 0) is 9.84 Å². The number of rotatable bonds is 5. The van der Waals surface area contributed by atoms with E-state index in [1.54, 1.807) is 0 Å². The molecule has 2 heterocycles. The second-order valence-corrected chi connectivity index (χ2v) is 9.03. The summed E-state index contributed by atoms with van der Waals surface area (Å²) in [5.74, 6) is 0.669. The minimum absolute atomic E-state index is 0.0695. The van der Waals surface area contributed by atoms with Gasteiger partial charge in [0.15, 0.2) is 9.84 Å². The molecule has 0 saturated carbocycles. The minimum Gasteiger partial charge on any atom is -0.390 e. The number of hydrogen-bond acceptors (Lipinski definition) is 5. The summed E-state index contributed by atoms with van der Waals surface area (Å²) in [6, 6.07) is 0.401. The Morgan fingerprint density at radius 3 is 2.29 bits per heavy atom. The zero-order valence-corrected chi connectivity index (χ0v) is 14.3. The van der Waals surface area contributed by atoms with E-state index in [0.29, 0.717) is 12.0 Å². The first-order valence-electron chi connectivity index (χ1n) is 8.19. The molecule has 1 N–H and O–H groups in total. The van der Waals surface area contributed by atoms with Crippen LogP contribution in [0.25, 0.3) is 0 Å². The largest absolute Gasteiger partial charge is 0.390 e. The van der Waals surface area contributed by atoms with Crippen molar-refractivity contribution < 1.29 is 13.5 Å². The maximum Gasteiger partial charge on any atom is 0.154 e. The second kappa shape index (κ2) is 6.94. The Morgan fingerprint density at radius 2 is 1.86 bits per heavy atom. The third-order valence-electron chi connectivity index (χ3n) is 5.04. The van der Waals surface area contributed by atoms with Gasteiger partial charge < -0.3 is 10.0 Å². The molecule has 21 heavy (non-hydrogen) atoms. The molecule has 0 spiro atoms. The van der Waals surface area contributed by atoms with Crippen LogP contribution in [0, 0.1) is 5.92 Å². The highest BCUT2D eigenvalue weighted by Gasteiger charge is 2.40. The monoisotopic (exact) mass is 318 g/mol. The highest BCUT2D eigenvalue weighted by Crippen LogP contribution is 2.24. The minimum atomic E-state index is -3.06. The maximum atomic E-state index is 11.7. The van der Waals surface area contributed by atoms with Gasteiger partial charge in [0.25, 0.3) is 0 Å². The number of sulfone groups is 1. The van der Waals surface area contributed by atoms with Gasteiger partial charge in [-0.25, -0.2) is 8.42 Å². The van der Waals surface area contributed by atoms with Gasteiger partial charge in [0.05, 0.1) is 23.7 Å². The van der Waals surface area contributed by atoms with Crippen LogP contribution in [0.15, 0.2) is 0 Å². The Kier molecular flexibility index (Phi) is 5.68. The molecule has 0 amide bonds. The van der Waals surface area contributed by atoms with E-state index in [1.165, 1.54) is 12.8 Å². The molecule has 2 atom stereocenters. The van der Waals surface area contributed by atoms with E-state index >= 15 is 0 Å². The van der Waals surface area contributed by atoms with Gasteiger partial charge >= 0.3 is 0 Å². The van der Waals surface area contributed by atoms with E-state index in [-0.39, 0.29) is 17.5 Å². The zero-order chi connectivity index (χ0) is 15.6. The van der Waals surface area contributed by atoms with Crippen LogP contribution in [-0.4, -0.2) is 79.2 Å². The fourth-order valence-electron chi connectivity index (χ4n) is 3.64. The molecule has 0 aromatic carbocycles. The Morgan fingerprint density at radius 1 is 1.24 bits per heavy atom. The summed E-state index contributed by atoms with van der Waals surface area (Å²) in [5, 5.41) is 10.0. The van der Waals surface area contributed by atoms with Crippen LogP contribution in [0.2, 0.25) is 0 Å². The lowest BCUT2D eigenvalue weighted by Crippen LogP contribution is -2.47. The average molecular weight is 318 g/mol. The number of nitrogens with zero attached hydrogens (tertiary/aromatic N) is 2. The smallest absolute Gasteiger partial charge is 0.154 e. The first-order chi connectivity index (χ1) is 9.82. The fourth-order valence-corrected chi connectivity index (χ4v) is 5.47. The second-order valence-electron chi connectivity index (χ2n) is 6.87. The van der Waals surface area contributed by atoms with Crippen molar-refractivity contribution in [3.63, 3.8) is 0 Å². The fraction of sp³-hybridized carbons (Fsp3) is 1.00. The van der Waals surface area contributed by atoms with Crippen molar-refractivity contribution in [3.8, 4) is 0 Å². The van der Waals surface area contributed by atoms with Crippen LogP contribution in [0.1, 0.15) is 33.6 Å². The van der Waals surface area contributed by atoms with Gasteiger partial charge in [0.2, 0.25) is 0 Å². The van der Waals surface area contributed by atoms with Crippen LogP contribution in [0.3, 0.4) is 0 Å². The molecule has 0 radical (unpaired) electrons. The summed E-state index contributed by atoms with van der Waals surface area (Å²) in [5.41, 5.74) is 0. The molecule has 2 rings (SSSR count). The van der Waals surface area contributed by atoms with E-state index < -0.39 is 15.9 Å². The van der Waals surface area contributed by atoms with Gasteiger partial charge in [0, 0.05) is 12.6 Å². The molecular formula is C15H30N2O3S. The molecule has 2 fully saturated rings. The molecule has 0 aliphatic carbocycles. The first kappa shape index (κ1) is 17.2.